The van der Waals surface area contributed by atoms with Crippen LogP contribution in [0.1, 0.15) is 15.9 Å². The number of benzene rings is 2. The van der Waals surface area contributed by atoms with E-state index in [4.69, 9.17) is 0 Å². The van der Waals surface area contributed by atoms with E-state index in [9.17, 15) is 14.9 Å². The Morgan fingerprint density at radius 1 is 1.17 bits per heavy atom. The van der Waals surface area contributed by atoms with E-state index < -0.39 is 11.1 Å². The molecule has 1 N–H and O–H groups in total. The summed E-state index contributed by atoms with van der Waals surface area (Å²) < 4.78 is 0. The molecule has 1 aliphatic rings. The van der Waals surface area contributed by atoms with Crippen LogP contribution in [-0.4, -0.2) is 24.0 Å². The molecule has 0 aliphatic carbocycles. The van der Waals surface area contributed by atoms with Gasteiger partial charge in [0.1, 0.15) is 11.9 Å². The Hall–Kier alpha value is -3.15. The monoisotopic (exact) mass is 309 g/mol. The number of likely N-dealkylation sites (N-methyl/N-ethyl adjacent to an activating group) is 1. The third kappa shape index (κ3) is 2.78. The van der Waals surface area contributed by atoms with Crippen molar-refractivity contribution in [2.24, 2.45) is 0 Å². The summed E-state index contributed by atoms with van der Waals surface area (Å²) in [5.74, 6) is -0.228. The van der Waals surface area contributed by atoms with Crippen molar-refractivity contribution in [1.82, 2.24) is 5.32 Å². The van der Waals surface area contributed by atoms with Crippen LogP contribution in [0.5, 0.6) is 0 Å². The molecule has 6 heteroatoms. The van der Waals surface area contributed by atoms with Crippen molar-refractivity contribution in [3.05, 3.63) is 75.8 Å². The lowest BCUT2D eigenvalue weighted by Gasteiger charge is -2.32. The molecule has 0 spiro atoms. The number of nitro groups is 1. The van der Waals surface area contributed by atoms with Gasteiger partial charge in [-0.3, -0.25) is 14.9 Å². The van der Waals surface area contributed by atoms with E-state index in [1.807, 2.05) is 18.2 Å². The predicted molar refractivity (Wildman–Crippen MR) is 88.2 cm³/mol. The largest absolute Gasteiger partial charge is 0.345 e. The van der Waals surface area contributed by atoms with Crippen LogP contribution in [-0.2, 0) is 0 Å². The van der Waals surface area contributed by atoms with Gasteiger partial charge in [-0.15, -0.1) is 0 Å². The first-order valence-corrected chi connectivity index (χ1v) is 7.12. The highest BCUT2D eigenvalue weighted by Gasteiger charge is 2.27. The van der Waals surface area contributed by atoms with Gasteiger partial charge in [0.25, 0.3) is 11.6 Å². The summed E-state index contributed by atoms with van der Waals surface area (Å²) >= 11 is 0. The average Bonchev–Trinajstić information content (AvgIpc) is 2.57. The van der Waals surface area contributed by atoms with Gasteiger partial charge in [-0.25, -0.2) is 0 Å². The summed E-state index contributed by atoms with van der Waals surface area (Å²) in [7, 11) is 1.73. The molecule has 1 unspecified atom stereocenters. The van der Waals surface area contributed by atoms with Gasteiger partial charge in [-0.2, -0.15) is 0 Å². The first-order chi connectivity index (χ1) is 11.1. The van der Waals surface area contributed by atoms with Crippen molar-refractivity contribution in [3.8, 4) is 0 Å². The van der Waals surface area contributed by atoms with Crippen LogP contribution in [0.15, 0.2) is 54.6 Å². The standard InChI is InChI=1S/C17H15N3O3/c1-19-15(18-17(21)13-6-3-2-4-7-13)11-10-12-8-5-9-14(16(12)19)20(22)23/h2-11,15H,1H3,(H,18,21). The van der Waals surface area contributed by atoms with Crippen LogP contribution in [0.25, 0.3) is 6.08 Å². The van der Waals surface area contributed by atoms with Crippen LogP contribution in [0.3, 0.4) is 0 Å². The van der Waals surface area contributed by atoms with E-state index in [1.54, 1.807) is 48.4 Å². The van der Waals surface area contributed by atoms with E-state index in [0.717, 1.165) is 5.56 Å². The minimum Gasteiger partial charge on any atom is -0.345 e. The molecule has 1 heterocycles. The SMILES string of the molecule is CN1c2c(cccc2[N+](=O)[O-])C=CC1NC(=O)c1ccccc1. The van der Waals surface area contributed by atoms with Crippen LogP contribution in [0, 0.1) is 10.1 Å². The number of carbonyl (C=O) groups excluding carboxylic acids is 1. The smallest absolute Gasteiger partial charge is 0.293 e. The molecule has 0 radical (unpaired) electrons. The number of hydrogen-bond donors (Lipinski definition) is 1. The highest BCUT2D eigenvalue weighted by Crippen LogP contribution is 2.35. The number of fused-ring (bicyclic) bond motifs is 1. The molecule has 116 valence electrons. The molecule has 0 saturated heterocycles. The lowest BCUT2D eigenvalue weighted by Crippen LogP contribution is -2.46. The third-order valence-electron chi connectivity index (χ3n) is 3.79. The fraction of sp³-hybridized carbons (Fsp3) is 0.118. The molecular formula is C17H15N3O3. The molecule has 2 aromatic rings. The molecule has 1 aliphatic heterocycles. The molecular weight excluding hydrogens is 294 g/mol. The number of nitrogens with zero attached hydrogens (tertiary/aromatic N) is 2. The summed E-state index contributed by atoms with van der Waals surface area (Å²) in [5, 5.41) is 14.1. The first kappa shape index (κ1) is 14.8. The zero-order chi connectivity index (χ0) is 16.4. The zero-order valence-corrected chi connectivity index (χ0v) is 12.5. The van der Waals surface area contributed by atoms with E-state index >= 15 is 0 Å². The summed E-state index contributed by atoms with van der Waals surface area (Å²) in [4.78, 5) is 24.8. The number of amides is 1. The minimum atomic E-state index is -0.448. The van der Waals surface area contributed by atoms with Crippen LogP contribution < -0.4 is 10.2 Å². The van der Waals surface area contributed by atoms with Gasteiger partial charge in [-0.05, 0) is 18.2 Å². The average molecular weight is 309 g/mol. The number of carbonyl (C=O) groups is 1. The first-order valence-electron chi connectivity index (χ1n) is 7.12. The fourth-order valence-corrected chi connectivity index (χ4v) is 2.63. The minimum absolute atomic E-state index is 0.0216. The highest BCUT2D eigenvalue weighted by molar-refractivity contribution is 5.95. The van der Waals surface area contributed by atoms with Crippen molar-refractivity contribution >= 4 is 23.4 Å². The zero-order valence-electron chi connectivity index (χ0n) is 12.5. The topological polar surface area (TPSA) is 75.5 Å². The molecule has 0 bridgehead atoms. The second-order valence-electron chi connectivity index (χ2n) is 5.23. The fourth-order valence-electron chi connectivity index (χ4n) is 2.63. The predicted octanol–water partition coefficient (Wildman–Crippen LogP) is 2.81. The van der Waals surface area contributed by atoms with Crippen LogP contribution >= 0.6 is 0 Å². The number of anilines is 1. The van der Waals surface area contributed by atoms with E-state index in [0.29, 0.717) is 11.3 Å². The second-order valence-corrected chi connectivity index (χ2v) is 5.23. The maximum atomic E-state index is 12.3. The molecule has 0 fully saturated rings. The molecule has 1 amide bonds. The Balaban J connectivity index is 1.88. The molecule has 6 nitrogen and oxygen atoms in total. The lowest BCUT2D eigenvalue weighted by atomic mass is 10.0. The number of para-hydroxylation sites is 1. The van der Waals surface area contributed by atoms with Crippen LogP contribution in [0.4, 0.5) is 11.4 Å². The molecule has 0 saturated carbocycles. The summed E-state index contributed by atoms with van der Waals surface area (Å²) in [6.07, 6.45) is 3.15. The van der Waals surface area contributed by atoms with Gasteiger partial charge in [-0.1, -0.05) is 36.4 Å². The quantitative estimate of drug-likeness (QED) is 0.699. The van der Waals surface area contributed by atoms with Crippen molar-refractivity contribution in [3.63, 3.8) is 0 Å². The molecule has 0 aromatic heterocycles. The van der Waals surface area contributed by atoms with Crippen LogP contribution in [0.2, 0.25) is 0 Å². The Morgan fingerprint density at radius 3 is 2.61 bits per heavy atom. The molecule has 2 aromatic carbocycles. The van der Waals surface area contributed by atoms with E-state index in [1.165, 1.54) is 6.07 Å². The Labute approximate surface area is 133 Å². The second kappa shape index (κ2) is 5.92. The maximum Gasteiger partial charge on any atom is 0.293 e. The third-order valence-corrected chi connectivity index (χ3v) is 3.79. The molecule has 23 heavy (non-hydrogen) atoms. The van der Waals surface area contributed by atoms with Gasteiger partial charge in [0.05, 0.1) is 4.92 Å². The van der Waals surface area contributed by atoms with Gasteiger partial charge in [0.15, 0.2) is 0 Å². The van der Waals surface area contributed by atoms with Crippen molar-refractivity contribution < 1.29 is 9.72 Å². The molecule has 1 atom stereocenters. The van der Waals surface area contributed by atoms with Gasteiger partial charge >= 0.3 is 0 Å². The van der Waals surface area contributed by atoms with Crippen molar-refractivity contribution in [1.29, 1.82) is 0 Å². The number of nitrogens with one attached hydrogen (secondary N) is 1. The number of rotatable bonds is 3. The lowest BCUT2D eigenvalue weighted by molar-refractivity contribution is -0.384. The summed E-state index contributed by atoms with van der Waals surface area (Å²) in [6, 6.07) is 13.8. The molecule has 3 rings (SSSR count). The van der Waals surface area contributed by atoms with Gasteiger partial charge < -0.3 is 10.2 Å². The number of hydrogen-bond acceptors (Lipinski definition) is 4. The van der Waals surface area contributed by atoms with Gasteiger partial charge in [0.2, 0.25) is 0 Å². The summed E-state index contributed by atoms with van der Waals surface area (Å²) in [5.41, 5.74) is 1.82. The normalized spacial score (nSPS) is 15.9. The Kier molecular flexibility index (Phi) is 3.80. The Morgan fingerprint density at radius 2 is 1.91 bits per heavy atom. The maximum absolute atomic E-state index is 12.3. The van der Waals surface area contributed by atoms with Crippen molar-refractivity contribution in [2.75, 3.05) is 11.9 Å². The van der Waals surface area contributed by atoms with Crippen molar-refractivity contribution in [2.45, 2.75) is 6.17 Å². The Bertz CT molecular complexity index is 787. The van der Waals surface area contributed by atoms with Gasteiger partial charge in [0, 0.05) is 24.2 Å². The summed E-state index contributed by atoms with van der Waals surface area (Å²) in [6.45, 7) is 0. The highest BCUT2D eigenvalue weighted by atomic mass is 16.6. The van der Waals surface area contributed by atoms with E-state index in [2.05, 4.69) is 5.32 Å². The number of nitro benzene ring substituents is 1. The van der Waals surface area contributed by atoms with E-state index in [-0.39, 0.29) is 11.6 Å².